The maximum absolute atomic E-state index is 12.4. The number of hydrogen-bond acceptors (Lipinski definition) is 6. The summed E-state index contributed by atoms with van der Waals surface area (Å²) < 4.78 is 42.5. The van der Waals surface area contributed by atoms with E-state index in [4.69, 9.17) is 4.74 Å². The molecule has 2 aromatic rings. The Hall–Kier alpha value is -2.69. The number of para-hydroxylation sites is 1. The number of nitrogens with zero attached hydrogens (tertiary/aromatic N) is 2. The summed E-state index contributed by atoms with van der Waals surface area (Å²) >= 11 is 0.196. The predicted octanol–water partition coefficient (Wildman–Crippen LogP) is 2.32. The van der Waals surface area contributed by atoms with Crippen LogP contribution in [0.25, 0.3) is 0 Å². The third kappa shape index (κ3) is 5.14. The lowest BCUT2D eigenvalue weighted by Gasteiger charge is -2.10. The molecule has 0 aliphatic heterocycles. The van der Waals surface area contributed by atoms with Crippen molar-refractivity contribution >= 4 is 28.3 Å². The van der Waals surface area contributed by atoms with E-state index < -0.39 is 29.5 Å². The highest BCUT2D eigenvalue weighted by molar-refractivity contribution is 7.15. The molecule has 25 heavy (non-hydrogen) atoms. The normalized spacial score (nSPS) is 11.0. The third-order valence-electron chi connectivity index (χ3n) is 2.75. The fraction of sp³-hybridized carbons (Fsp3) is 0.286. The first-order valence-electron chi connectivity index (χ1n) is 7.02. The van der Waals surface area contributed by atoms with Crippen LogP contribution in [0.2, 0.25) is 0 Å². The molecule has 0 spiro atoms. The van der Waals surface area contributed by atoms with Gasteiger partial charge in [0.2, 0.25) is 16.0 Å². The number of hydrogen-bond donors (Lipinski definition) is 2. The molecular weight excluding hydrogens is 361 g/mol. The van der Waals surface area contributed by atoms with E-state index in [0.717, 1.165) is 0 Å². The summed E-state index contributed by atoms with van der Waals surface area (Å²) in [7, 11) is 0. The van der Waals surface area contributed by atoms with E-state index in [1.165, 1.54) is 6.07 Å². The van der Waals surface area contributed by atoms with Gasteiger partial charge < -0.3 is 10.1 Å². The summed E-state index contributed by atoms with van der Waals surface area (Å²) in [5, 5.41) is 9.20. The minimum atomic E-state index is -4.63. The van der Waals surface area contributed by atoms with E-state index >= 15 is 0 Å². The van der Waals surface area contributed by atoms with E-state index in [0.29, 0.717) is 12.4 Å². The van der Waals surface area contributed by atoms with E-state index in [1.807, 2.05) is 0 Å². The van der Waals surface area contributed by atoms with Crippen LogP contribution in [0.4, 0.5) is 18.3 Å². The van der Waals surface area contributed by atoms with Crippen LogP contribution in [-0.2, 0) is 11.0 Å². The van der Waals surface area contributed by atoms with Crippen molar-refractivity contribution in [2.45, 2.75) is 13.1 Å². The minimum Gasteiger partial charge on any atom is -0.493 e. The van der Waals surface area contributed by atoms with Crippen molar-refractivity contribution in [2.75, 3.05) is 18.5 Å². The number of nitrogens with one attached hydrogen (secondary N) is 2. The Morgan fingerprint density at radius 2 is 1.96 bits per heavy atom. The standard InChI is InChI=1S/C14H13F3N4O3S/c1-2-24-9-6-4-3-5-8(9)11(23)18-7-10(22)19-13-21-20-12(25-13)14(15,16)17/h3-6H,2,7H2,1H3,(H,18,23)(H,19,21,22). The van der Waals surface area contributed by atoms with Gasteiger partial charge in [0.05, 0.1) is 18.7 Å². The van der Waals surface area contributed by atoms with Gasteiger partial charge in [-0.3, -0.25) is 14.9 Å². The molecule has 0 saturated heterocycles. The molecule has 2 N–H and O–H groups in total. The molecule has 1 heterocycles. The molecule has 7 nitrogen and oxygen atoms in total. The Labute approximate surface area is 144 Å². The van der Waals surface area contributed by atoms with Gasteiger partial charge in [-0.05, 0) is 19.1 Å². The van der Waals surface area contributed by atoms with Crippen molar-refractivity contribution in [3.63, 3.8) is 0 Å². The van der Waals surface area contributed by atoms with Crippen LogP contribution >= 0.6 is 11.3 Å². The van der Waals surface area contributed by atoms with Gasteiger partial charge in [0.25, 0.3) is 5.91 Å². The van der Waals surface area contributed by atoms with E-state index in [2.05, 4.69) is 20.8 Å². The average molecular weight is 374 g/mol. The molecule has 0 fully saturated rings. The monoisotopic (exact) mass is 374 g/mol. The van der Waals surface area contributed by atoms with Gasteiger partial charge in [0, 0.05) is 0 Å². The lowest BCUT2D eigenvalue weighted by Crippen LogP contribution is -2.33. The van der Waals surface area contributed by atoms with Crippen LogP contribution in [0, 0.1) is 0 Å². The summed E-state index contributed by atoms with van der Waals surface area (Å²) in [6.45, 7) is 1.68. The molecule has 0 aliphatic carbocycles. The van der Waals surface area contributed by atoms with Crippen molar-refractivity contribution in [2.24, 2.45) is 0 Å². The maximum Gasteiger partial charge on any atom is 0.445 e. The Balaban J connectivity index is 1.92. The topological polar surface area (TPSA) is 93.2 Å². The number of amides is 2. The highest BCUT2D eigenvalue weighted by Crippen LogP contribution is 2.32. The van der Waals surface area contributed by atoms with Gasteiger partial charge in [-0.15, -0.1) is 10.2 Å². The van der Waals surface area contributed by atoms with E-state index in [-0.39, 0.29) is 22.0 Å². The number of rotatable bonds is 6. The molecule has 134 valence electrons. The highest BCUT2D eigenvalue weighted by atomic mass is 32.1. The molecule has 1 aromatic heterocycles. The van der Waals surface area contributed by atoms with E-state index in [9.17, 15) is 22.8 Å². The quantitative estimate of drug-likeness (QED) is 0.810. The van der Waals surface area contributed by atoms with Crippen molar-refractivity contribution in [1.82, 2.24) is 15.5 Å². The molecular formula is C14H13F3N4O3S. The maximum atomic E-state index is 12.4. The average Bonchev–Trinajstić information content (AvgIpc) is 3.02. The molecule has 0 radical (unpaired) electrons. The SMILES string of the molecule is CCOc1ccccc1C(=O)NCC(=O)Nc1nnc(C(F)(F)F)s1. The molecule has 0 bridgehead atoms. The number of alkyl halides is 3. The third-order valence-corrected chi connectivity index (χ3v) is 3.64. The number of ether oxygens (including phenoxy) is 1. The van der Waals surface area contributed by atoms with Gasteiger partial charge in [0.1, 0.15) is 5.75 Å². The van der Waals surface area contributed by atoms with Crippen LogP contribution in [0.15, 0.2) is 24.3 Å². The zero-order valence-corrected chi connectivity index (χ0v) is 13.7. The first-order chi connectivity index (χ1) is 11.8. The van der Waals surface area contributed by atoms with Crippen molar-refractivity contribution in [3.05, 3.63) is 34.8 Å². The number of carbonyl (C=O) groups excluding carboxylic acids is 2. The second kappa shape index (κ2) is 7.92. The summed E-state index contributed by atoms with van der Waals surface area (Å²) in [6.07, 6.45) is -4.63. The van der Waals surface area contributed by atoms with Crippen LogP contribution in [0.3, 0.4) is 0 Å². The number of halogens is 3. The molecule has 2 rings (SSSR count). The van der Waals surface area contributed by atoms with Gasteiger partial charge in [0.15, 0.2) is 0 Å². The number of benzene rings is 1. The predicted molar refractivity (Wildman–Crippen MR) is 83.5 cm³/mol. The number of carbonyl (C=O) groups is 2. The molecule has 0 aliphatic rings. The zero-order valence-electron chi connectivity index (χ0n) is 12.9. The zero-order chi connectivity index (χ0) is 18.4. The van der Waals surface area contributed by atoms with Crippen LogP contribution in [0.1, 0.15) is 22.3 Å². The molecule has 2 amide bonds. The lowest BCUT2D eigenvalue weighted by atomic mass is 10.2. The van der Waals surface area contributed by atoms with E-state index in [1.54, 1.807) is 25.1 Å². The van der Waals surface area contributed by atoms with Crippen molar-refractivity contribution in [3.8, 4) is 5.75 Å². The Morgan fingerprint density at radius 3 is 2.60 bits per heavy atom. The number of anilines is 1. The fourth-order valence-electron chi connectivity index (χ4n) is 1.74. The Kier molecular flexibility index (Phi) is 5.91. The van der Waals surface area contributed by atoms with Gasteiger partial charge in [-0.1, -0.05) is 23.5 Å². The second-order valence-electron chi connectivity index (χ2n) is 4.57. The lowest BCUT2D eigenvalue weighted by molar-refractivity contribution is -0.138. The molecule has 1 aromatic carbocycles. The fourth-order valence-corrected chi connectivity index (χ4v) is 2.37. The van der Waals surface area contributed by atoms with Crippen LogP contribution in [-0.4, -0.2) is 35.2 Å². The summed E-state index contributed by atoms with van der Waals surface area (Å²) in [5.74, 6) is -0.915. The van der Waals surface area contributed by atoms with Gasteiger partial charge in [-0.25, -0.2) is 0 Å². The van der Waals surface area contributed by atoms with Crippen LogP contribution in [0.5, 0.6) is 5.75 Å². The molecule has 0 unspecified atom stereocenters. The largest absolute Gasteiger partial charge is 0.493 e. The smallest absolute Gasteiger partial charge is 0.445 e. The Bertz CT molecular complexity index is 764. The minimum absolute atomic E-state index is 0.196. The summed E-state index contributed by atoms with van der Waals surface area (Å²) in [6, 6.07) is 6.47. The molecule has 0 saturated carbocycles. The first kappa shape index (κ1) is 18.6. The van der Waals surface area contributed by atoms with Gasteiger partial charge >= 0.3 is 6.18 Å². The number of aromatic nitrogens is 2. The summed E-state index contributed by atoms with van der Waals surface area (Å²) in [4.78, 5) is 23.8. The second-order valence-corrected chi connectivity index (χ2v) is 5.55. The first-order valence-corrected chi connectivity index (χ1v) is 7.83. The van der Waals surface area contributed by atoms with Gasteiger partial charge in [-0.2, -0.15) is 13.2 Å². The van der Waals surface area contributed by atoms with Crippen molar-refractivity contribution in [1.29, 1.82) is 0 Å². The Morgan fingerprint density at radius 1 is 1.24 bits per heavy atom. The molecule has 0 atom stereocenters. The molecule has 11 heteroatoms. The highest BCUT2D eigenvalue weighted by Gasteiger charge is 2.35. The summed E-state index contributed by atoms with van der Waals surface area (Å²) in [5.41, 5.74) is 0.243. The van der Waals surface area contributed by atoms with Crippen LogP contribution < -0.4 is 15.4 Å². The van der Waals surface area contributed by atoms with Crippen molar-refractivity contribution < 1.29 is 27.5 Å².